The number of hydrogen-bond donors (Lipinski definition) is 0. The van der Waals surface area contributed by atoms with Gasteiger partial charge in [0.15, 0.2) is 0 Å². The van der Waals surface area contributed by atoms with Crippen LogP contribution in [0.15, 0.2) is 42.5 Å². The van der Waals surface area contributed by atoms with Crippen molar-refractivity contribution in [3.05, 3.63) is 64.2 Å². The molecule has 2 aromatic carbocycles. The first-order valence-corrected chi connectivity index (χ1v) is 10.1. The molecule has 1 heterocycles. The second-order valence-electron chi connectivity index (χ2n) is 6.93. The normalized spacial score (nSPS) is 17.7. The minimum atomic E-state index is -4.44. The lowest BCUT2D eigenvalue weighted by Gasteiger charge is -2.32. The molecule has 0 spiro atoms. The van der Waals surface area contributed by atoms with Gasteiger partial charge in [-0.3, -0.25) is 9.69 Å². The van der Waals surface area contributed by atoms with Crippen molar-refractivity contribution < 1.29 is 27.4 Å². The third-order valence-electron chi connectivity index (χ3n) is 4.79. The van der Waals surface area contributed by atoms with Gasteiger partial charge in [0.1, 0.15) is 12.4 Å². The Kier molecular flexibility index (Phi) is 7.63. The van der Waals surface area contributed by atoms with E-state index in [1.807, 2.05) is 12.1 Å². The minimum absolute atomic E-state index is 0.0811. The van der Waals surface area contributed by atoms with Crippen molar-refractivity contribution in [2.24, 2.45) is 0 Å². The lowest BCUT2D eigenvalue weighted by Crippen LogP contribution is -2.39. The molecule has 1 aliphatic rings. The van der Waals surface area contributed by atoms with Crippen molar-refractivity contribution in [2.75, 3.05) is 26.2 Å². The number of rotatable bonds is 7. The molecule has 3 rings (SSSR count). The van der Waals surface area contributed by atoms with Gasteiger partial charge >= 0.3 is 6.18 Å². The maximum Gasteiger partial charge on any atom is 0.416 e. The molecule has 0 N–H and O–H groups in total. The van der Waals surface area contributed by atoms with Crippen molar-refractivity contribution in [2.45, 2.75) is 25.3 Å². The summed E-state index contributed by atoms with van der Waals surface area (Å²) < 4.78 is 50.1. The highest BCUT2D eigenvalue weighted by Gasteiger charge is 2.31. The smallest absolute Gasteiger partial charge is 0.416 e. The van der Waals surface area contributed by atoms with Crippen LogP contribution in [0.1, 0.15) is 29.2 Å². The zero-order valence-electron chi connectivity index (χ0n) is 15.9. The number of nitrogens with zero attached hydrogens (tertiary/aromatic N) is 1. The first kappa shape index (κ1) is 22.9. The fourth-order valence-corrected chi connectivity index (χ4v) is 3.41. The van der Waals surface area contributed by atoms with Crippen LogP contribution in [-0.4, -0.2) is 36.4 Å². The summed E-state index contributed by atoms with van der Waals surface area (Å²) in [5.41, 5.74) is 0.438. The van der Waals surface area contributed by atoms with Crippen molar-refractivity contribution in [3.63, 3.8) is 0 Å². The van der Waals surface area contributed by atoms with Crippen LogP contribution in [0, 0.1) is 0 Å². The molecule has 0 radical (unpaired) electrons. The number of alkyl halides is 3. The van der Waals surface area contributed by atoms with Crippen molar-refractivity contribution in [3.8, 4) is 5.75 Å². The van der Waals surface area contributed by atoms with E-state index in [4.69, 9.17) is 32.7 Å². The van der Waals surface area contributed by atoms with E-state index in [2.05, 4.69) is 4.90 Å². The number of hydrogen-bond acceptors (Lipinski definition) is 4. The molecule has 0 bridgehead atoms. The Morgan fingerprint density at radius 2 is 1.93 bits per heavy atom. The average molecular weight is 462 g/mol. The highest BCUT2D eigenvalue weighted by molar-refractivity contribution is 6.63. The van der Waals surface area contributed by atoms with Gasteiger partial charge in [0, 0.05) is 36.6 Å². The second kappa shape index (κ2) is 10.0. The molecule has 1 aliphatic heterocycles. The summed E-state index contributed by atoms with van der Waals surface area (Å²) >= 11 is 11.4. The molecule has 0 aromatic heterocycles. The summed E-state index contributed by atoms with van der Waals surface area (Å²) in [5, 5.41) is -0.147. The number of carbonyl (C=O) groups is 1. The molecule has 2 aromatic rings. The lowest BCUT2D eigenvalue weighted by molar-refractivity contribution is -0.137. The Balaban J connectivity index is 1.59. The van der Waals surface area contributed by atoms with Crippen LogP contribution >= 0.6 is 23.2 Å². The van der Waals surface area contributed by atoms with E-state index in [1.54, 1.807) is 12.1 Å². The number of benzene rings is 2. The summed E-state index contributed by atoms with van der Waals surface area (Å²) in [6.45, 7) is 2.43. The summed E-state index contributed by atoms with van der Waals surface area (Å²) in [6.07, 6.45) is -4.29. The Hall–Kier alpha value is -1.80. The molecule has 1 saturated heterocycles. The first-order valence-electron chi connectivity index (χ1n) is 9.33. The number of morpholine rings is 1. The highest BCUT2D eigenvalue weighted by Crippen LogP contribution is 2.32. The van der Waals surface area contributed by atoms with Gasteiger partial charge in [0.05, 0.1) is 18.3 Å². The highest BCUT2D eigenvalue weighted by atomic mass is 35.5. The number of carbonyl (C=O) groups excluding carboxylic acids is 1. The fourth-order valence-electron chi connectivity index (χ4n) is 3.15. The molecule has 30 heavy (non-hydrogen) atoms. The molecule has 0 aliphatic carbocycles. The summed E-state index contributed by atoms with van der Waals surface area (Å²) in [7, 11) is 0. The van der Waals surface area contributed by atoms with Gasteiger partial charge < -0.3 is 9.47 Å². The third kappa shape index (κ3) is 6.35. The maximum atomic E-state index is 12.9. The van der Waals surface area contributed by atoms with Crippen LogP contribution in [0.3, 0.4) is 0 Å². The van der Waals surface area contributed by atoms with Crippen LogP contribution in [0.25, 0.3) is 0 Å². The molecule has 1 unspecified atom stereocenters. The van der Waals surface area contributed by atoms with E-state index >= 15 is 0 Å². The van der Waals surface area contributed by atoms with Crippen LogP contribution in [0.2, 0.25) is 5.02 Å². The Bertz CT molecular complexity index is 875. The fraction of sp³-hybridized carbons (Fsp3) is 0.381. The Morgan fingerprint density at radius 1 is 1.20 bits per heavy atom. The van der Waals surface area contributed by atoms with Gasteiger partial charge in [-0.1, -0.05) is 23.7 Å². The number of halogens is 5. The Morgan fingerprint density at radius 3 is 2.60 bits per heavy atom. The van der Waals surface area contributed by atoms with E-state index in [0.717, 1.165) is 24.2 Å². The van der Waals surface area contributed by atoms with E-state index in [1.165, 1.54) is 6.07 Å². The van der Waals surface area contributed by atoms with Gasteiger partial charge in [-0.15, -0.1) is 0 Å². The van der Waals surface area contributed by atoms with E-state index in [9.17, 15) is 18.0 Å². The summed E-state index contributed by atoms with van der Waals surface area (Å²) in [5.74, 6) is 0.507. The molecule has 1 fully saturated rings. The predicted octanol–water partition coefficient (Wildman–Crippen LogP) is 5.47. The third-order valence-corrected chi connectivity index (χ3v) is 5.35. The van der Waals surface area contributed by atoms with Crippen molar-refractivity contribution in [1.29, 1.82) is 0 Å². The summed E-state index contributed by atoms with van der Waals surface area (Å²) in [4.78, 5) is 13.1. The van der Waals surface area contributed by atoms with Gasteiger partial charge in [0.25, 0.3) is 0 Å². The topological polar surface area (TPSA) is 38.8 Å². The van der Waals surface area contributed by atoms with Gasteiger partial charge in [-0.25, -0.2) is 0 Å². The van der Waals surface area contributed by atoms with Crippen LogP contribution in [0.4, 0.5) is 13.2 Å². The molecule has 0 saturated carbocycles. The minimum Gasteiger partial charge on any atom is -0.489 e. The molecule has 162 valence electrons. The summed E-state index contributed by atoms with van der Waals surface area (Å²) in [6, 6.07) is 10.3. The van der Waals surface area contributed by atoms with Gasteiger partial charge in [-0.05, 0) is 47.5 Å². The predicted molar refractivity (Wildman–Crippen MR) is 108 cm³/mol. The van der Waals surface area contributed by atoms with Crippen LogP contribution < -0.4 is 4.74 Å². The lowest BCUT2D eigenvalue weighted by atomic mass is 10.1. The zero-order valence-corrected chi connectivity index (χ0v) is 17.4. The molecule has 1 atom stereocenters. The standard InChI is InChI=1S/C21H20Cl2F3NO3/c22-18-6-3-16(21(24,25)26)11-15(18)13-30-17-4-1-14(2-5-17)19-12-27(9-10-29-19)8-7-20(23)28/h1-6,11,19H,7-10,12-13H2. The van der Waals surface area contributed by atoms with Crippen LogP contribution in [-0.2, 0) is 22.3 Å². The maximum absolute atomic E-state index is 12.9. The van der Waals surface area contributed by atoms with Crippen LogP contribution in [0.5, 0.6) is 5.75 Å². The van der Waals surface area contributed by atoms with E-state index < -0.39 is 11.7 Å². The van der Waals surface area contributed by atoms with E-state index in [0.29, 0.717) is 31.9 Å². The van der Waals surface area contributed by atoms with Crippen molar-refractivity contribution in [1.82, 2.24) is 4.90 Å². The Labute approximate surface area is 182 Å². The molecule has 0 amide bonds. The zero-order chi connectivity index (χ0) is 21.7. The number of ether oxygens (including phenoxy) is 2. The molecule has 9 heteroatoms. The van der Waals surface area contributed by atoms with Crippen molar-refractivity contribution >= 4 is 28.4 Å². The quantitative estimate of drug-likeness (QED) is 0.512. The van der Waals surface area contributed by atoms with Gasteiger partial charge in [-0.2, -0.15) is 13.2 Å². The van der Waals surface area contributed by atoms with Gasteiger partial charge in [0.2, 0.25) is 5.24 Å². The first-order chi connectivity index (χ1) is 14.2. The molecular weight excluding hydrogens is 442 g/mol. The molecule has 4 nitrogen and oxygen atoms in total. The SMILES string of the molecule is O=C(Cl)CCN1CCOC(c2ccc(OCc3cc(C(F)(F)F)ccc3Cl)cc2)C1. The monoisotopic (exact) mass is 461 g/mol. The second-order valence-corrected chi connectivity index (χ2v) is 7.76. The largest absolute Gasteiger partial charge is 0.489 e. The molecular formula is C21H20Cl2F3NO3. The van der Waals surface area contributed by atoms with E-state index in [-0.39, 0.29) is 28.5 Å². The average Bonchev–Trinajstić information content (AvgIpc) is 2.71.